The maximum atomic E-state index is 9.68. The highest BCUT2D eigenvalue weighted by molar-refractivity contribution is 5.84. The number of hydrogen-bond donors (Lipinski definition) is 5. The number of rotatable bonds is 3. The van der Waals surface area contributed by atoms with Crippen molar-refractivity contribution in [2.24, 2.45) is 0 Å². The van der Waals surface area contributed by atoms with E-state index in [9.17, 15) is 10.2 Å². The maximum Gasteiger partial charge on any atom is 0.166 e. The molecule has 0 aromatic heterocycles. The minimum atomic E-state index is 0.00602. The van der Waals surface area contributed by atoms with Crippen LogP contribution in [0.15, 0.2) is 6.07 Å². The van der Waals surface area contributed by atoms with Gasteiger partial charge in [-0.1, -0.05) is 0 Å². The first-order chi connectivity index (χ1) is 6.65. The molecule has 0 amide bonds. The zero-order valence-electron chi connectivity index (χ0n) is 8.47. The van der Waals surface area contributed by atoms with E-state index in [1.54, 1.807) is 27.2 Å². The Morgan fingerprint density at radius 3 is 1.57 bits per heavy atom. The highest BCUT2D eigenvalue weighted by Crippen LogP contribution is 2.44. The summed E-state index contributed by atoms with van der Waals surface area (Å²) in [6.45, 7) is 0. The Morgan fingerprint density at radius 2 is 1.29 bits per heavy atom. The predicted molar refractivity (Wildman–Crippen MR) is 58.4 cm³/mol. The summed E-state index contributed by atoms with van der Waals surface area (Å²) in [6.07, 6.45) is 0. The van der Waals surface area contributed by atoms with Gasteiger partial charge in [-0.05, 0) is 6.07 Å². The number of aromatic hydroxyl groups is 2. The van der Waals surface area contributed by atoms with Gasteiger partial charge in [0.05, 0.1) is 11.4 Å². The summed E-state index contributed by atoms with van der Waals surface area (Å²) in [7, 11) is 5.03. The first kappa shape index (κ1) is 10.3. The van der Waals surface area contributed by atoms with Crippen molar-refractivity contribution in [1.82, 2.24) is 0 Å². The van der Waals surface area contributed by atoms with Gasteiger partial charge in [-0.15, -0.1) is 0 Å². The zero-order chi connectivity index (χ0) is 10.7. The molecule has 14 heavy (non-hydrogen) atoms. The third-order valence-corrected chi connectivity index (χ3v) is 2.06. The Bertz CT molecular complexity index is 311. The lowest BCUT2D eigenvalue weighted by Gasteiger charge is -2.14. The van der Waals surface area contributed by atoms with Crippen molar-refractivity contribution in [3.63, 3.8) is 0 Å². The third kappa shape index (κ3) is 1.48. The minimum Gasteiger partial charge on any atom is -0.504 e. The second-order valence-electron chi connectivity index (χ2n) is 2.79. The lowest BCUT2D eigenvalue weighted by molar-refractivity contribution is 0.457. The molecule has 0 unspecified atom stereocenters. The molecule has 5 N–H and O–H groups in total. The number of hydrogen-bond acceptors (Lipinski definition) is 5. The molecular weight excluding hydrogens is 182 g/mol. The van der Waals surface area contributed by atoms with Gasteiger partial charge < -0.3 is 26.2 Å². The molecule has 0 saturated heterocycles. The van der Waals surface area contributed by atoms with Gasteiger partial charge in [0.2, 0.25) is 0 Å². The van der Waals surface area contributed by atoms with E-state index in [1.165, 1.54) is 0 Å². The van der Waals surface area contributed by atoms with Crippen LogP contribution in [0.25, 0.3) is 0 Å². The molecule has 1 aromatic carbocycles. The van der Waals surface area contributed by atoms with Crippen LogP contribution in [0, 0.1) is 0 Å². The summed E-state index contributed by atoms with van der Waals surface area (Å²) in [5.74, 6) is 0.0120. The summed E-state index contributed by atoms with van der Waals surface area (Å²) in [4.78, 5) is 0. The van der Waals surface area contributed by atoms with Crippen molar-refractivity contribution in [3.8, 4) is 11.5 Å². The van der Waals surface area contributed by atoms with Gasteiger partial charge in [0.15, 0.2) is 11.5 Å². The minimum absolute atomic E-state index is 0.00602. The number of anilines is 3. The van der Waals surface area contributed by atoms with Gasteiger partial charge in [-0.3, -0.25) is 0 Å². The molecule has 78 valence electrons. The van der Waals surface area contributed by atoms with E-state index in [-0.39, 0.29) is 11.5 Å². The van der Waals surface area contributed by atoms with Crippen molar-refractivity contribution < 1.29 is 10.2 Å². The normalized spacial score (nSPS) is 9.64. The van der Waals surface area contributed by atoms with Gasteiger partial charge in [0.25, 0.3) is 0 Å². The van der Waals surface area contributed by atoms with Crippen molar-refractivity contribution in [2.45, 2.75) is 0 Å². The van der Waals surface area contributed by atoms with Crippen LogP contribution in [-0.4, -0.2) is 31.4 Å². The predicted octanol–water partition coefficient (Wildman–Crippen LogP) is 1.22. The molecule has 0 radical (unpaired) electrons. The highest BCUT2D eigenvalue weighted by Gasteiger charge is 2.14. The van der Waals surface area contributed by atoms with E-state index in [1.807, 2.05) is 0 Å². The molecule has 1 rings (SSSR count). The second kappa shape index (κ2) is 3.95. The first-order valence-electron chi connectivity index (χ1n) is 4.27. The lowest BCUT2D eigenvalue weighted by atomic mass is 10.2. The summed E-state index contributed by atoms with van der Waals surface area (Å²) in [6, 6.07) is 1.63. The van der Waals surface area contributed by atoms with Crippen LogP contribution >= 0.6 is 0 Å². The summed E-state index contributed by atoms with van der Waals surface area (Å²) in [5.41, 5.74) is 1.41. The Morgan fingerprint density at radius 1 is 0.857 bits per heavy atom. The quantitative estimate of drug-likeness (QED) is 0.372. The Balaban J connectivity index is 3.39. The highest BCUT2D eigenvalue weighted by atomic mass is 16.3. The molecule has 5 nitrogen and oxygen atoms in total. The molecule has 0 aliphatic carbocycles. The summed E-state index contributed by atoms with van der Waals surface area (Å²) in [5, 5.41) is 27.7. The molecule has 5 heteroatoms. The monoisotopic (exact) mass is 197 g/mol. The first-order valence-corrected chi connectivity index (χ1v) is 4.27. The van der Waals surface area contributed by atoms with Crippen molar-refractivity contribution >= 4 is 17.1 Å². The molecule has 0 spiro atoms. The van der Waals surface area contributed by atoms with E-state index in [0.717, 1.165) is 0 Å². The fraction of sp³-hybridized carbons (Fsp3) is 0.333. The fourth-order valence-electron chi connectivity index (χ4n) is 1.28. The van der Waals surface area contributed by atoms with Crippen molar-refractivity contribution in [2.75, 3.05) is 37.1 Å². The Labute approximate surface area is 82.8 Å². The van der Waals surface area contributed by atoms with Crippen LogP contribution in [-0.2, 0) is 0 Å². The third-order valence-electron chi connectivity index (χ3n) is 2.06. The van der Waals surface area contributed by atoms with Gasteiger partial charge in [-0.25, -0.2) is 0 Å². The lowest BCUT2D eigenvalue weighted by Crippen LogP contribution is -1.98. The largest absolute Gasteiger partial charge is 0.504 e. The molecule has 1 aromatic rings. The number of nitrogens with one attached hydrogen (secondary N) is 3. The van der Waals surface area contributed by atoms with Crippen LogP contribution < -0.4 is 16.0 Å². The Hall–Kier alpha value is -1.78. The topological polar surface area (TPSA) is 76.5 Å². The van der Waals surface area contributed by atoms with Crippen molar-refractivity contribution in [3.05, 3.63) is 6.07 Å². The summed E-state index contributed by atoms with van der Waals surface area (Å²) >= 11 is 0. The van der Waals surface area contributed by atoms with Crippen LogP contribution in [0.5, 0.6) is 11.5 Å². The Kier molecular flexibility index (Phi) is 2.91. The number of benzene rings is 1. The van der Waals surface area contributed by atoms with Crippen LogP contribution in [0.2, 0.25) is 0 Å². The van der Waals surface area contributed by atoms with Gasteiger partial charge in [0, 0.05) is 21.1 Å². The molecule has 0 aliphatic heterocycles. The average Bonchev–Trinajstić information content (AvgIpc) is 2.19. The van der Waals surface area contributed by atoms with E-state index in [0.29, 0.717) is 17.1 Å². The molecule has 0 heterocycles. The van der Waals surface area contributed by atoms with Crippen molar-refractivity contribution in [1.29, 1.82) is 0 Å². The van der Waals surface area contributed by atoms with E-state index in [4.69, 9.17) is 0 Å². The molecule has 0 bridgehead atoms. The standard InChI is InChI=1S/C9H15N3O2/c1-10-5-4-6(11-2)9(14)7(12-3)8(5)13/h4,10-14H,1-3H3. The van der Waals surface area contributed by atoms with Crippen LogP contribution in [0.1, 0.15) is 0 Å². The van der Waals surface area contributed by atoms with Gasteiger partial charge in [-0.2, -0.15) is 0 Å². The van der Waals surface area contributed by atoms with Crippen LogP contribution in [0.3, 0.4) is 0 Å². The fourth-order valence-corrected chi connectivity index (χ4v) is 1.28. The van der Waals surface area contributed by atoms with Gasteiger partial charge in [0.1, 0.15) is 5.69 Å². The summed E-state index contributed by atoms with van der Waals surface area (Å²) < 4.78 is 0. The SMILES string of the molecule is CNc1cc(NC)c(O)c(NC)c1O. The molecule has 0 atom stereocenters. The van der Waals surface area contributed by atoms with Gasteiger partial charge >= 0.3 is 0 Å². The second-order valence-corrected chi connectivity index (χ2v) is 2.79. The molecule has 0 saturated carbocycles. The number of phenols is 2. The maximum absolute atomic E-state index is 9.68. The average molecular weight is 197 g/mol. The molecule has 0 fully saturated rings. The van der Waals surface area contributed by atoms with E-state index in [2.05, 4.69) is 16.0 Å². The smallest absolute Gasteiger partial charge is 0.166 e. The van der Waals surface area contributed by atoms with Crippen LogP contribution in [0.4, 0.5) is 17.1 Å². The molecular formula is C9H15N3O2. The van der Waals surface area contributed by atoms with E-state index < -0.39 is 0 Å². The van der Waals surface area contributed by atoms with E-state index >= 15 is 0 Å². The number of phenolic OH excluding ortho intramolecular Hbond substituents is 2. The zero-order valence-corrected chi connectivity index (χ0v) is 8.47. The molecule has 0 aliphatic rings.